The number of carbonyl (C=O) groups is 1. The first kappa shape index (κ1) is 17.3. The Morgan fingerprint density at radius 1 is 1.29 bits per heavy atom. The number of pyridine rings is 1. The predicted octanol–water partition coefficient (Wildman–Crippen LogP) is 2.49. The number of H-pyrrole nitrogens is 1. The van der Waals surface area contributed by atoms with Crippen LogP contribution in [-0.2, 0) is 13.6 Å². The van der Waals surface area contributed by atoms with Crippen LogP contribution >= 0.6 is 11.6 Å². The third-order valence-electron chi connectivity index (χ3n) is 5.84. The van der Waals surface area contributed by atoms with Crippen molar-refractivity contribution in [2.75, 3.05) is 13.1 Å². The van der Waals surface area contributed by atoms with E-state index in [9.17, 15) is 9.59 Å². The first-order valence-electron chi connectivity index (χ1n) is 9.36. The molecule has 2 bridgehead atoms. The van der Waals surface area contributed by atoms with E-state index < -0.39 is 0 Å². The quantitative estimate of drug-likeness (QED) is 0.721. The van der Waals surface area contributed by atoms with Crippen molar-refractivity contribution in [3.63, 3.8) is 0 Å². The van der Waals surface area contributed by atoms with Crippen LogP contribution in [0.1, 0.15) is 28.5 Å². The van der Waals surface area contributed by atoms with Crippen LogP contribution in [0.3, 0.4) is 0 Å². The highest BCUT2D eigenvalue weighted by atomic mass is 35.5. The number of piperidine rings is 1. The molecule has 0 radical (unpaired) electrons. The average molecular weight is 398 g/mol. The summed E-state index contributed by atoms with van der Waals surface area (Å²) in [5.41, 5.74) is 2.16. The number of aryl methyl sites for hydroxylation is 1. The van der Waals surface area contributed by atoms with Crippen LogP contribution < -0.4 is 5.56 Å². The summed E-state index contributed by atoms with van der Waals surface area (Å²) < 4.78 is 3.64. The maximum Gasteiger partial charge on any atom is 0.270 e. The van der Waals surface area contributed by atoms with Gasteiger partial charge in [0.1, 0.15) is 11.5 Å². The molecule has 0 aliphatic carbocycles. The van der Waals surface area contributed by atoms with Crippen LogP contribution in [0.4, 0.5) is 0 Å². The molecule has 0 saturated carbocycles. The molecule has 28 heavy (non-hydrogen) atoms. The molecule has 144 valence electrons. The summed E-state index contributed by atoms with van der Waals surface area (Å²) in [7, 11) is 1.83. The Kier molecular flexibility index (Phi) is 3.94. The second-order valence-corrected chi connectivity index (χ2v) is 8.13. The molecule has 1 amide bonds. The number of hydrogen-bond acceptors (Lipinski definition) is 3. The minimum Gasteiger partial charge on any atom is -0.345 e. The third kappa shape index (κ3) is 2.69. The summed E-state index contributed by atoms with van der Waals surface area (Å²) in [5, 5.41) is 0.561. The summed E-state index contributed by atoms with van der Waals surface area (Å²) in [6, 6.07) is 5.56. The van der Waals surface area contributed by atoms with E-state index in [-0.39, 0.29) is 23.3 Å². The second-order valence-electron chi connectivity index (χ2n) is 7.69. The van der Waals surface area contributed by atoms with E-state index in [1.165, 1.54) is 0 Å². The van der Waals surface area contributed by atoms with Crippen LogP contribution in [0.25, 0.3) is 11.4 Å². The molecule has 1 fully saturated rings. The fourth-order valence-electron chi connectivity index (χ4n) is 4.60. The van der Waals surface area contributed by atoms with Crippen LogP contribution in [0.5, 0.6) is 0 Å². The average Bonchev–Trinajstić information content (AvgIpc) is 3.31. The molecule has 3 aromatic heterocycles. The minimum atomic E-state index is -0.0175. The molecular weight excluding hydrogens is 378 g/mol. The highest BCUT2D eigenvalue weighted by molar-refractivity contribution is 6.31. The number of carbonyl (C=O) groups excluding carboxylic acids is 1. The first-order chi connectivity index (χ1) is 13.5. The normalized spacial score (nSPS) is 20.9. The molecule has 5 rings (SSSR count). The molecule has 2 aliphatic rings. The Bertz CT molecular complexity index is 1110. The van der Waals surface area contributed by atoms with Crippen molar-refractivity contribution in [2.24, 2.45) is 13.0 Å². The Hall–Kier alpha value is -2.80. The fourth-order valence-corrected chi connectivity index (χ4v) is 4.85. The van der Waals surface area contributed by atoms with Crippen molar-refractivity contribution < 1.29 is 4.79 Å². The number of imidazole rings is 1. The van der Waals surface area contributed by atoms with E-state index in [0.29, 0.717) is 41.7 Å². The van der Waals surface area contributed by atoms with Gasteiger partial charge in [0.25, 0.3) is 11.5 Å². The molecule has 7 nitrogen and oxygen atoms in total. The number of amides is 1. The lowest BCUT2D eigenvalue weighted by atomic mass is 9.83. The summed E-state index contributed by atoms with van der Waals surface area (Å²) in [4.78, 5) is 35.2. The van der Waals surface area contributed by atoms with Gasteiger partial charge in [0.05, 0.1) is 10.6 Å². The van der Waals surface area contributed by atoms with Crippen molar-refractivity contribution in [1.29, 1.82) is 0 Å². The minimum absolute atomic E-state index is 0.00731. The lowest BCUT2D eigenvalue weighted by Gasteiger charge is -2.42. The predicted molar refractivity (Wildman–Crippen MR) is 105 cm³/mol. The monoisotopic (exact) mass is 397 g/mol. The van der Waals surface area contributed by atoms with Gasteiger partial charge in [0, 0.05) is 56.9 Å². The highest BCUT2D eigenvalue weighted by Gasteiger charge is 2.37. The number of nitrogens with one attached hydrogen (secondary N) is 1. The molecule has 5 heterocycles. The van der Waals surface area contributed by atoms with Crippen LogP contribution in [0.2, 0.25) is 5.02 Å². The zero-order valence-corrected chi connectivity index (χ0v) is 16.2. The second kappa shape index (κ2) is 6.38. The van der Waals surface area contributed by atoms with Gasteiger partial charge in [-0.1, -0.05) is 11.6 Å². The molecule has 0 spiro atoms. The Morgan fingerprint density at radius 2 is 2.14 bits per heavy atom. The Morgan fingerprint density at radius 3 is 2.86 bits per heavy atom. The number of fused-ring (bicyclic) bond motifs is 4. The lowest BCUT2D eigenvalue weighted by molar-refractivity contribution is 0.0585. The number of hydrogen-bond donors (Lipinski definition) is 1. The summed E-state index contributed by atoms with van der Waals surface area (Å²) in [6.45, 7) is 1.88. The van der Waals surface area contributed by atoms with E-state index in [0.717, 1.165) is 12.1 Å². The smallest absolute Gasteiger partial charge is 0.270 e. The lowest BCUT2D eigenvalue weighted by Crippen LogP contribution is -2.49. The SMILES string of the molecule is Cn1cc(Cl)cc1C(=O)N1C[C@@H]2C[C@H](C1)c1ccc(-c3ncc[nH]3)c(=O)n1C2. The summed E-state index contributed by atoms with van der Waals surface area (Å²) in [6.07, 6.45) is 6.10. The number of likely N-dealkylation sites (tertiary alicyclic amines) is 1. The van der Waals surface area contributed by atoms with Crippen molar-refractivity contribution in [1.82, 2.24) is 24.0 Å². The molecule has 0 unspecified atom stereocenters. The third-order valence-corrected chi connectivity index (χ3v) is 6.04. The number of aromatic amines is 1. The summed E-state index contributed by atoms with van der Waals surface area (Å²) in [5.74, 6) is 1.00. The number of nitrogens with zero attached hydrogens (tertiary/aromatic N) is 4. The van der Waals surface area contributed by atoms with Gasteiger partial charge in [0.2, 0.25) is 0 Å². The van der Waals surface area contributed by atoms with E-state index in [1.54, 1.807) is 29.2 Å². The van der Waals surface area contributed by atoms with Gasteiger partial charge in [-0.2, -0.15) is 0 Å². The van der Waals surface area contributed by atoms with Gasteiger partial charge in [0.15, 0.2) is 0 Å². The van der Waals surface area contributed by atoms with Gasteiger partial charge < -0.3 is 19.0 Å². The number of halogens is 1. The van der Waals surface area contributed by atoms with E-state index in [2.05, 4.69) is 9.97 Å². The zero-order chi connectivity index (χ0) is 19.4. The maximum atomic E-state index is 13.0. The molecule has 8 heteroatoms. The number of rotatable bonds is 2. The molecule has 1 saturated heterocycles. The summed E-state index contributed by atoms with van der Waals surface area (Å²) >= 11 is 6.05. The van der Waals surface area contributed by atoms with Gasteiger partial charge in [-0.05, 0) is 30.5 Å². The van der Waals surface area contributed by atoms with Gasteiger partial charge in [-0.25, -0.2) is 4.98 Å². The largest absolute Gasteiger partial charge is 0.345 e. The molecule has 0 aromatic carbocycles. The fraction of sp³-hybridized carbons (Fsp3) is 0.350. The van der Waals surface area contributed by atoms with E-state index in [1.807, 2.05) is 28.6 Å². The molecule has 1 N–H and O–H groups in total. The Labute approximate surface area is 166 Å². The zero-order valence-electron chi connectivity index (χ0n) is 15.4. The van der Waals surface area contributed by atoms with Crippen LogP contribution in [-0.4, -0.2) is 43.0 Å². The van der Waals surface area contributed by atoms with Crippen molar-refractivity contribution in [3.05, 3.63) is 63.6 Å². The molecule has 2 aliphatic heterocycles. The maximum absolute atomic E-state index is 13.0. The first-order valence-corrected chi connectivity index (χ1v) is 9.73. The van der Waals surface area contributed by atoms with E-state index >= 15 is 0 Å². The van der Waals surface area contributed by atoms with Crippen molar-refractivity contribution in [2.45, 2.75) is 18.9 Å². The topological polar surface area (TPSA) is 75.9 Å². The number of aromatic nitrogens is 4. The molecular formula is C20H20ClN5O2. The Balaban J connectivity index is 1.47. The van der Waals surface area contributed by atoms with Gasteiger partial charge in [-0.3, -0.25) is 9.59 Å². The molecule has 3 aromatic rings. The van der Waals surface area contributed by atoms with Crippen LogP contribution in [0.15, 0.2) is 41.6 Å². The van der Waals surface area contributed by atoms with Gasteiger partial charge in [-0.15, -0.1) is 0 Å². The highest BCUT2D eigenvalue weighted by Crippen LogP contribution is 2.36. The standard InChI is InChI=1S/C20H20ClN5O2/c1-24-11-14(21)7-17(24)20(28)25-8-12-6-13(10-25)16-3-2-15(18-22-4-5-23-18)19(27)26(16)9-12/h2-5,7,11-13H,6,8-10H2,1H3,(H,22,23)/t12-,13+/m0/s1. The van der Waals surface area contributed by atoms with Gasteiger partial charge >= 0.3 is 0 Å². The van der Waals surface area contributed by atoms with Crippen LogP contribution in [0, 0.1) is 5.92 Å². The van der Waals surface area contributed by atoms with E-state index in [4.69, 9.17) is 11.6 Å². The van der Waals surface area contributed by atoms with Crippen molar-refractivity contribution in [3.8, 4) is 11.4 Å². The molecule has 2 atom stereocenters. The van der Waals surface area contributed by atoms with Crippen molar-refractivity contribution >= 4 is 17.5 Å².